The van der Waals surface area contributed by atoms with Crippen LogP contribution >= 0.6 is 0 Å². The van der Waals surface area contributed by atoms with Crippen molar-refractivity contribution in [1.29, 1.82) is 0 Å². The second kappa shape index (κ2) is 4.60. The predicted octanol–water partition coefficient (Wildman–Crippen LogP) is 0.268. The highest BCUT2D eigenvalue weighted by Crippen LogP contribution is 1.90. The molecule has 0 saturated carbocycles. The lowest BCUT2D eigenvalue weighted by Crippen LogP contribution is -1.97. The van der Waals surface area contributed by atoms with Gasteiger partial charge < -0.3 is 0 Å². The van der Waals surface area contributed by atoms with E-state index in [9.17, 15) is 9.59 Å². The second-order valence-corrected chi connectivity index (χ2v) is 1.47. The molecular formula is C6H6O4. The van der Waals surface area contributed by atoms with Crippen LogP contribution in [-0.4, -0.2) is 22.1 Å². The Morgan fingerprint density at radius 2 is 1.00 bits per heavy atom. The van der Waals surface area contributed by atoms with Gasteiger partial charge in [0.05, 0.1) is 0 Å². The van der Waals surface area contributed by atoms with Crippen molar-refractivity contribution in [3.63, 3.8) is 0 Å². The molecule has 0 unspecified atom stereocenters. The minimum absolute atomic E-state index is 0.121. The Bertz CT molecular complexity index is 152. The zero-order valence-corrected chi connectivity index (χ0v) is 5.02. The average molecular weight is 142 g/mol. The highest BCUT2D eigenvalue weighted by atomic mass is 17.0. The van der Waals surface area contributed by atoms with Crippen LogP contribution in [-0.2, 0) is 9.59 Å². The van der Waals surface area contributed by atoms with E-state index in [0.29, 0.717) is 0 Å². The zero-order valence-electron chi connectivity index (χ0n) is 5.02. The number of carbonyl (C=O) groups excluding carboxylic acids is 2. The molecule has 0 saturated heterocycles. The molecule has 2 N–H and O–H groups in total. The third-order valence-electron chi connectivity index (χ3n) is 0.824. The van der Waals surface area contributed by atoms with E-state index in [4.69, 9.17) is 10.5 Å². The monoisotopic (exact) mass is 142 g/mol. The quantitative estimate of drug-likeness (QED) is 0.289. The van der Waals surface area contributed by atoms with Crippen molar-refractivity contribution in [3.8, 4) is 0 Å². The maximum absolute atomic E-state index is 10.3. The van der Waals surface area contributed by atoms with Crippen molar-refractivity contribution in [3.05, 3.63) is 24.3 Å². The molecule has 0 spiro atoms. The number of rotatable bonds is 0. The minimum Gasteiger partial charge on any atom is -0.290 e. The average Bonchev–Trinajstić information content (AvgIpc) is 2.00. The van der Waals surface area contributed by atoms with Gasteiger partial charge in [0.15, 0.2) is 11.6 Å². The molecule has 0 aromatic rings. The molecule has 0 heterocycles. The van der Waals surface area contributed by atoms with Crippen LogP contribution < -0.4 is 0 Å². The summed E-state index contributed by atoms with van der Waals surface area (Å²) in [6, 6.07) is 0. The van der Waals surface area contributed by atoms with Crippen LogP contribution in [0.5, 0.6) is 0 Å². The van der Waals surface area contributed by atoms with Gasteiger partial charge in [-0.05, 0) is 24.3 Å². The van der Waals surface area contributed by atoms with Gasteiger partial charge in [-0.2, -0.15) is 0 Å². The molecule has 0 bridgehead atoms. The van der Waals surface area contributed by atoms with Gasteiger partial charge in [0.2, 0.25) is 0 Å². The highest BCUT2D eigenvalue weighted by molar-refractivity contribution is 6.14. The van der Waals surface area contributed by atoms with Gasteiger partial charge in [0.1, 0.15) is 0 Å². The van der Waals surface area contributed by atoms with E-state index in [0.717, 1.165) is 0 Å². The van der Waals surface area contributed by atoms with Crippen LogP contribution in [0.4, 0.5) is 0 Å². The van der Waals surface area contributed by atoms with E-state index < -0.39 is 0 Å². The Balaban J connectivity index is 0.000000371. The standard InChI is InChI=1S/C6H4O2.H2O2/c7-5-1-2-6(8)4-3-5;1-2/h1-4H;1-2H. The molecule has 0 radical (unpaired) electrons. The maximum Gasteiger partial charge on any atom is 0.178 e. The van der Waals surface area contributed by atoms with Crippen LogP contribution in [0.15, 0.2) is 24.3 Å². The first-order chi connectivity index (χ1) is 4.79. The second-order valence-electron chi connectivity index (χ2n) is 1.47. The molecule has 1 aliphatic rings. The Morgan fingerprint density at radius 3 is 1.20 bits per heavy atom. The zero-order chi connectivity index (χ0) is 7.98. The Labute approximate surface area is 57.0 Å². The molecular weight excluding hydrogens is 136 g/mol. The van der Waals surface area contributed by atoms with Crippen molar-refractivity contribution < 1.29 is 20.1 Å². The Morgan fingerprint density at radius 1 is 0.800 bits per heavy atom. The Hall–Kier alpha value is -1.26. The van der Waals surface area contributed by atoms with Crippen LogP contribution in [0.1, 0.15) is 0 Å². The molecule has 0 aromatic carbocycles. The van der Waals surface area contributed by atoms with Gasteiger partial charge in [-0.25, -0.2) is 0 Å². The number of allylic oxidation sites excluding steroid dienone is 4. The van der Waals surface area contributed by atoms with Crippen molar-refractivity contribution in [2.45, 2.75) is 0 Å². The smallest absolute Gasteiger partial charge is 0.178 e. The fraction of sp³-hybridized carbons (Fsp3) is 0. The molecule has 0 amide bonds. The maximum atomic E-state index is 10.3. The summed E-state index contributed by atoms with van der Waals surface area (Å²) in [7, 11) is 0. The molecule has 0 aliphatic heterocycles. The van der Waals surface area contributed by atoms with E-state index in [1.165, 1.54) is 24.3 Å². The molecule has 1 rings (SSSR count). The number of carbonyl (C=O) groups is 2. The number of hydrogen-bond donors (Lipinski definition) is 2. The summed E-state index contributed by atoms with van der Waals surface area (Å²) in [5, 5.41) is 12.0. The van der Waals surface area contributed by atoms with Gasteiger partial charge in [-0.3, -0.25) is 20.1 Å². The Kier molecular flexibility index (Phi) is 4.02. The summed E-state index contributed by atoms with van der Waals surface area (Å²) < 4.78 is 0. The van der Waals surface area contributed by atoms with Crippen molar-refractivity contribution in [1.82, 2.24) is 0 Å². The van der Waals surface area contributed by atoms with Gasteiger partial charge >= 0.3 is 0 Å². The molecule has 0 aromatic heterocycles. The van der Waals surface area contributed by atoms with Gasteiger partial charge in [0, 0.05) is 0 Å². The lowest BCUT2D eigenvalue weighted by molar-refractivity contribution is -0.176. The molecule has 10 heavy (non-hydrogen) atoms. The first-order valence-corrected chi connectivity index (χ1v) is 2.43. The topological polar surface area (TPSA) is 74.6 Å². The SMILES string of the molecule is O=C1C=CC(=O)C=C1.OO. The van der Waals surface area contributed by atoms with Crippen LogP contribution in [0.25, 0.3) is 0 Å². The summed E-state index contributed by atoms with van der Waals surface area (Å²) in [5.41, 5.74) is 0. The summed E-state index contributed by atoms with van der Waals surface area (Å²) in [6.45, 7) is 0. The van der Waals surface area contributed by atoms with E-state index >= 15 is 0 Å². The lowest BCUT2D eigenvalue weighted by Gasteiger charge is -1.87. The molecule has 0 fully saturated rings. The fourth-order valence-electron chi connectivity index (χ4n) is 0.440. The van der Waals surface area contributed by atoms with Crippen LogP contribution in [0, 0.1) is 0 Å². The molecule has 0 atom stereocenters. The van der Waals surface area contributed by atoms with E-state index in [1.54, 1.807) is 0 Å². The van der Waals surface area contributed by atoms with Crippen molar-refractivity contribution in [2.24, 2.45) is 0 Å². The van der Waals surface area contributed by atoms with E-state index in [1.807, 2.05) is 0 Å². The third-order valence-corrected chi connectivity index (χ3v) is 0.824. The summed E-state index contributed by atoms with van der Waals surface area (Å²) in [4.78, 5) is 20.6. The third kappa shape index (κ3) is 2.91. The first kappa shape index (κ1) is 8.74. The van der Waals surface area contributed by atoms with Gasteiger partial charge in [-0.1, -0.05) is 0 Å². The summed E-state index contributed by atoms with van der Waals surface area (Å²) in [5.74, 6) is -0.241. The van der Waals surface area contributed by atoms with Crippen molar-refractivity contribution in [2.75, 3.05) is 0 Å². The first-order valence-electron chi connectivity index (χ1n) is 2.43. The summed E-state index contributed by atoms with van der Waals surface area (Å²) >= 11 is 0. The van der Waals surface area contributed by atoms with Crippen LogP contribution in [0.2, 0.25) is 0 Å². The van der Waals surface area contributed by atoms with Crippen LogP contribution in [0.3, 0.4) is 0 Å². The van der Waals surface area contributed by atoms with E-state index in [2.05, 4.69) is 0 Å². The molecule has 4 nitrogen and oxygen atoms in total. The highest BCUT2D eigenvalue weighted by Gasteiger charge is 1.97. The normalized spacial score (nSPS) is 14.6. The molecule has 54 valence electrons. The summed E-state index contributed by atoms with van der Waals surface area (Å²) in [6.07, 6.45) is 5.01. The minimum atomic E-state index is -0.121. The predicted molar refractivity (Wildman–Crippen MR) is 33.6 cm³/mol. The van der Waals surface area contributed by atoms with Gasteiger partial charge in [0.25, 0.3) is 0 Å². The largest absolute Gasteiger partial charge is 0.290 e. The fourth-order valence-corrected chi connectivity index (χ4v) is 0.440. The molecule has 4 heteroatoms. The number of hydrogen-bond acceptors (Lipinski definition) is 4. The van der Waals surface area contributed by atoms with E-state index in [-0.39, 0.29) is 11.6 Å². The molecule has 1 aliphatic carbocycles. The van der Waals surface area contributed by atoms with Gasteiger partial charge in [-0.15, -0.1) is 0 Å². The number of ketones is 2. The van der Waals surface area contributed by atoms with Crippen molar-refractivity contribution >= 4 is 11.6 Å². The lowest BCUT2D eigenvalue weighted by atomic mass is 10.2.